The van der Waals surface area contributed by atoms with Crippen molar-refractivity contribution in [2.24, 2.45) is 0 Å². The Hall–Kier alpha value is -2.06. The predicted molar refractivity (Wildman–Crippen MR) is 119 cm³/mol. The summed E-state index contributed by atoms with van der Waals surface area (Å²) in [5.41, 5.74) is 2.25. The molecule has 3 heterocycles. The van der Waals surface area contributed by atoms with E-state index in [0.717, 1.165) is 29.9 Å². The van der Waals surface area contributed by atoms with E-state index in [1.54, 1.807) is 0 Å². The average molecular weight is 430 g/mol. The molecule has 162 valence electrons. The predicted octanol–water partition coefficient (Wildman–Crippen LogP) is 3.29. The third-order valence-corrected chi connectivity index (χ3v) is 6.56. The van der Waals surface area contributed by atoms with Crippen molar-refractivity contribution in [3.05, 3.63) is 29.8 Å². The molecule has 1 amide bonds. The second-order valence-electron chi connectivity index (χ2n) is 8.35. The SMILES string of the molecule is Cc1ccc(-n2c(SCC(=O)N3CC(C)OC(C)C3)nnc2N2CCCCC2)cc1. The number of ether oxygens (including phenoxy) is 1. The molecule has 0 saturated carbocycles. The number of piperidine rings is 1. The van der Waals surface area contributed by atoms with Crippen LogP contribution in [0, 0.1) is 6.92 Å². The highest BCUT2D eigenvalue weighted by Gasteiger charge is 2.27. The van der Waals surface area contributed by atoms with E-state index in [4.69, 9.17) is 4.74 Å². The van der Waals surface area contributed by atoms with Crippen molar-refractivity contribution in [3.63, 3.8) is 0 Å². The van der Waals surface area contributed by atoms with E-state index < -0.39 is 0 Å². The van der Waals surface area contributed by atoms with Gasteiger partial charge in [0, 0.05) is 26.2 Å². The molecule has 2 aromatic rings. The second-order valence-corrected chi connectivity index (χ2v) is 9.29. The number of hydrogen-bond donors (Lipinski definition) is 0. The van der Waals surface area contributed by atoms with Crippen molar-refractivity contribution in [3.8, 4) is 5.69 Å². The molecule has 2 saturated heterocycles. The van der Waals surface area contributed by atoms with Gasteiger partial charge in [0.2, 0.25) is 11.9 Å². The number of carbonyl (C=O) groups excluding carboxylic acids is 1. The molecule has 2 aliphatic rings. The normalized spacial score (nSPS) is 22.4. The maximum atomic E-state index is 12.8. The molecule has 2 atom stereocenters. The summed E-state index contributed by atoms with van der Waals surface area (Å²) in [5.74, 6) is 1.35. The molecule has 8 heteroatoms. The summed E-state index contributed by atoms with van der Waals surface area (Å²) >= 11 is 1.47. The van der Waals surface area contributed by atoms with Crippen LogP contribution in [0.15, 0.2) is 29.4 Å². The number of carbonyl (C=O) groups is 1. The molecule has 7 nitrogen and oxygen atoms in total. The Morgan fingerprint density at radius 1 is 1.07 bits per heavy atom. The number of aryl methyl sites for hydroxylation is 1. The highest BCUT2D eigenvalue weighted by molar-refractivity contribution is 7.99. The Balaban J connectivity index is 1.54. The van der Waals surface area contributed by atoms with Crippen LogP contribution < -0.4 is 4.90 Å². The Morgan fingerprint density at radius 3 is 2.40 bits per heavy atom. The van der Waals surface area contributed by atoms with Gasteiger partial charge in [0.05, 0.1) is 23.6 Å². The molecule has 0 N–H and O–H groups in total. The first-order valence-electron chi connectivity index (χ1n) is 10.8. The number of hydrogen-bond acceptors (Lipinski definition) is 6. The van der Waals surface area contributed by atoms with Crippen molar-refractivity contribution >= 4 is 23.6 Å². The van der Waals surface area contributed by atoms with Crippen LogP contribution in [0.4, 0.5) is 5.95 Å². The zero-order chi connectivity index (χ0) is 21.1. The van der Waals surface area contributed by atoms with Gasteiger partial charge in [-0.25, -0.2) is 0 Å². The molecule has 30 heavy (non-hydrogen) atoms. The summed E-state index contributed by atoms with van der Waals surface area (Å²) in [6.07, 6.45) is 3.76. The van der Waals surface area contributed by atoms with E-state index in [-0.39, 0.29) is 18.1 Å². The van der Waals surface area contributed by atoms with Gasteiger partial charge < -0.3 is 14.5 Å². The summed E-state index contributed by atoms with van der Waals surface area (Å²) in [5, 5.41) is 9.77. The summed E-state index contributed by atoms with van der Waals surface area (Å²) < 4.78 is 7.86. The lowest BCUT2D eigenvalue weighted by molar-refractivity contribution is -0.140. The lowest BCUT2D eigenvalue weighted by Gasteiger charge is -2.35. The Morgan fingerprint density at radius 2 is 1.73 bits per heavy atom. The van der Waals surface area contributed by atoms with E-state index in [0.29, 0.717) is 18.8 Å². The van der Waals surface area contributed by atoms with E-state index in [1.807, 2.05) is 18.7 Å². The minimum atomic E-state index is 0.0737. The molecule has 2 unspecified atom stereocenters. The molecular formula is C22H31N5O2S. The minimum Gasteiger partial charge on any atom is -0.372 e. The highest BCUT2D eigenvalue weighted by atomic mass is 32.2. The average Bonchev–Trinajstić information content (AvgIpc) is 3.16. The van der Waals surface area contributed by atoms with Crippen LogP contribution in [0.2, 0.25) is 0 Å². The van der Waals surface area contributed by atoms with Crippen LogP contribution in [0.3, 0.4) is 0 Å². The first-order chi connectivity index (χ1) is 14.5. The van der Waals surface area contributed by atoms with E-state index in [1.165, 1.54) is 36.6 Å². The van der Waals surface area contributed by atoms with Gasteiger partial charge in [-0.3, -0.25) is 9.36 Å². The Bertz CT molecular complexity index is 853. The fraction of sp³-hybridized carbons (Fsp3) is 0.591. The molecule has 2 fully saturated rings. The number of benzene rings is 1. The van der Waals surface area contributed by atoms with Gasteiger partial charge in [0.25, 0.3) is 0 Å². The number of aromatic nitrogens is 3. The molecule has 4 rings (SSSR count). The molecule has 1 aromatic heterocycles. The number of anilines is 1. The lowest BCUT2D eigenvalue weighted by atomic mass is 10.1. The third kappa shape index (κ3) is 4.81. The fourth-order valence-electron chi connectivity index (χ4n) is 4.17. The quantitative estimate of drug-likeness (QED) is 0.680. The van der Waals surface area contributed by atoms with Crippen molar-refractivity contribution < 1.29 is 9.53 Å². The maximum Gasteiger partial charge on any atom is 0.233 e. The zero-order valence-corrected chi connectivity index (χ0v) is 18.9. The molecule has 2 aliphatic heterocycles. The van der Waals surface area contributed by atoms with Gasteiger partial charge in [0.1, 0.15) is 0 Å². The van der Waals surface area contributed by atoms with Crippen LogP contribution in [0.25, 0.3) is 5.69 Å². The van der Waals surface area contributed by atoms with Crippen molar-refractivity contribution in [1.82, 2.24) is 19.7 Å². The van der Waals surface area contributed by atoms with Crippen molar-refractivity contribution in [1.29, 1.82) is 0 Å². The van der Waals surface area contributed by atoms with Gasteiger partial charge >= 0.3 is 0 Å². The zero-order valence-electron chi connectivity index (χ0n) is 18.1. The van der Waals surface area contributed by atoms with Gasteiger partial charge in [-0.1, -0.05) is 29.5 Å². The van der Waals surface area contributed by atoms with Gasteiger partial charge in [0.15, 0.2) is 5.16 Å². The topological polar surface area (TPSA) is 63.5 Å². The summed E-state index contributed by atoms with van der Waals surface area (Å²) in [6.45, 7) is 9.40. The van der Waals surface area contributed by atoms with Crippen molar-refractivity contribution in [2.75, 3.05) is 36.8 Å². The molecule has 0 bridgehead atoms. The monoisotopic (exact) mass is 429 g/mol. The second kappa shape index (κ2) is 9.39. The van der Waals surface area contributed by atoms with Crippen LogP contribution in [0.1, 0.15) is 38.7 Å². The van der Waals surface area contributed by atoms with Gasteiger partial charge in [-0.2, -0.15) is 0 Å². The fourth-order valence-corrected chi connectivity index (χ4v) is 5.02. The highest BCUT2D eigenvalue weighted by Crippen LogP contribution is 2.29. The number of nitrogens with zero attached hydrogens (tertiary/aromatic N) is 5. The number of rotatable bonds is 5. The Labute approximate surface area is 182 Å². The molecule has 1 aromatic carbocycles. The van der Waals surface area contributed by atoms with Gasteiger partial charge in [-0.15, -0.1) is 10.2 Å². The summed E-state index contributed by atoms with van der Waals surface area (Å²) in [7, 11) is 0. The van der Waals surface area contributed by atoms with E-state index >= 15 is 0 Å². The number of thioether (sulfide) groups is 1. The van der Waals surface area contributed by atoms with E-state index in [9.17, 15) is 4.79 Å². The lowest BCUT2D eigenvalue weighted by Crippen LogP contribution is -2.48. The smallest absolute Gasteiger partial charge is 0.233 e. The molecule has 0 radical (unpaired) electrons. The standard InChI is InChI=1S/C22H31N5O2S/c1-16-7-9-19(10-8-16)27-21(25-11-5-4-6-12-25)23-24-22(27)30-15-20(28)26-13-17(2)29-18(3)14-26/h7-10,17-18H,4-6,11-15H2,1-3H3. The largest absolute Gasteiger partial charge is 0.372 e. The Kier molecular flexibility index (Phi) is 6.63. The molecular weight excluding hydrogens is 398 g/mol. The van der Waals surface area contributed by atoms with Crippen LogP contribution in [-0.2, 0) is 9.53 Å². The first-order valence-corrected chi connectivity index (χ1v) is 11.8. The maximum absolute atomic E-state index is 12.8. The molecule has 0 aliphatic carbocycles. The van der Waals surface area contributed by atoms with E-state index in [2.05, 4.69) is 50.9 Å². The summed E-state index contributed by atoms with van der Waals surface area (Å²) in [4.78, 5) is 17.1. The first kappa shape index (κ1) is 21.2. The number of morpholine rings is 1. The van der Waals surface area contributed by atoms with Gasteiger partial charge in [-0.05, 0) is 52.2 Å². The third-order valence-electron chi connectivity index (χ3n) is 5.64. The summed E-state index contributed by atoms with van der Waals surface area (Å²) in [6, 6.07) is 8.41. The number of amides is 1. The van der Waals surface area contributed by atoms with Crippen molar-refractivity contribution in [2.45, 2.75) is 57.4 Å². The van der Waals surface area contributed by atoms with Crippen LogP contribution in [-0.4, -0.2) is 69.7 Å². The van der Waals surface area contributed by atoms with Crippen LogP contribution >= 0.6 is 11.8 Å². The minimum absolute atomic E-state index is 0.0737. The molecule has 0 spiro atoms. The van der Waals surface area contributed by atoms with Crippen LogP contribution in [0.5, 0.6) is 0 Å².